The van der Waals surface area contributed by atoms with E-state index in [-0.39, 0.29) is 28.9 Å². The Balaban J connectivity index is 2.91. The van der Waals surface area contributed by atoms with Crippen LogP contribution in [-0.4, -0.2) is 11.3 Å². The Kier molecular flexibility index (Phi) is 3.79. The molecular weight excluding hydrogens is 225 g/mol. The van der Waals surface area contributed by atoms with Crippen molar-refractivity contribution in [3.63, 3.8) is 0 Å². The number of carbonyl (C=O) groups excluding carboxylic acids is 1. The molecule has 1 aromatic carbocycles. The molecule has 0 fully saturated rings. The Bertz CT molecular complexity index is 360. The van der Waals surface area contributed by atoms with Crippen LogP contribution in [0.25, 0.3) is 0 Å². The largest absolute Gasteiger partial charge is 0.446 e. The number of hydrogen-bond donors (Lipinski definition) is 0. The molecule has 0 aromatic heterocycles. The van der Waals surface area contributed by atoms with Gasteiger partial charge in [0.15, 0.2) is 0 Å². The van der Waals surface area contributed by atoms with Gasteiger partial charge in [-0.1, -0.05) is 18.2 Å². The second-order valence-corrected chi connectivity index (χ2v) is 4.14. The standard InChI is InChI=1S/C10H9F3OS/c1-7(14)6-8-4-2-3-5-9(8)15-10(11,12)13/h2-5H,6H2,1H3. The minimum atomic E-state index is -4.31. The number of hydrogen-bond acceptors (Lipinski definition) is 2. The van der Waals surface area contributed by atoms with E-state index in [1.807, 2.05) is 0 Å². The van der Waals surface area contributed by atoms with Gasteiger partial charge in [-0.05, 0) is 30.3 Å². The molecule has 0 spiro atoms. The van der Waals surface area contributed by atoms with Crippen LogP contribution in [0.2, 0.25) is 0 Å². The minimum Gasteiger partial charge on any atom is -0.300 e. The third-order valence-electron chi connectivity index (χ3n) is 1.64. The van der Waals surface area contributed by atoms with Crippen molar-refractivity contribution >= 4 is 17.5 Å². The molecule has 15 heavy (non-hydrogen) atoms. The summed E-state index contributed by atoms with van der Waals surface area (Å²) in [6, 6.07) is 6.06. The summed E-state index contributed by atoms with van der Waals surface area (Å²) in [6.45, 7) is 1.36. The first-order chi connectivity index (χ1) is 6.88. The molecule has 1 rings (SSSR count). The van der Waals surface area contributed by atoms with Gasteiger partial charge >= 0.3 is 5.51 Å². The van der Waals surface area contributed by atoms with E-state index in [1.54, 1.807) is 6.07 Å². The lowest BCUT2D eigenvalue weighted by Crippen LogP contribution is -2.03. The van der Waals surface area contributed by atoms with Crippen LogP contribution in [0.5, 0.6) is 0 Å². The van der Waals surface area contributed by atoms with Crippen LogP contribution in [0.15, 0.2) is 29.2 Å². The molecule has 0 aliphatic rings. The van der Waals surface area contributed by atoms with Gasteiger partial charge in [0.2, 0.25) is 0 Å². The van der Waals surface area contributed by atoms with Gasteiger partial charge in [0.1, 0.15) is 5.78 Å². The average molecular weight is 234 g/mol. The van der Waals surface area contributed by atoms with Gasteiger partial charge in [-0.3, -0.25) is 4.79 Å². The van der Waals surface area contributed by atoms with Crippen molar-refractivity contribution in [2.24, 2.45) is 0 Å². The molecule has 1 nitrogen and oxygen atoms in total. The van der Waals surface area contributed by atoms with Crippen molar-refractivity contribution in [2.45, 2.75) is 23.7 Å². The van der Waals surface area contributed by atoms with Crippen LogP contribution in [0, 0.1) is 0 Å². The zero-order valence-corrected chi connectivity index (χ0v) is 8.78. The van der Waals surface area contributed by atoms with Crippen LogP contribution < -0.4 is 0 Å². The highest BCUT2D eigenvalue weighted by atomic mass is 32.2. The van der Waals surface area contributed by atoms with Crippen LogP contribution in [-0.2, 0) is 11.2 Å². The predicted octanol–water partition coefficient (Wildman–Crippen LogP) is 3.43. The molecule has 5 heteroatoms. The zero-order valence-electron chi connectivity index (χ0n) is 7.97. The maximum atomic E-state index is 12.1. The molecule has 0 aliphatic heterocycles. The van der Waals surface area contributed by atoms with Gasteiger partial charge in [0.25, 0.3) is 0 Å². The van der Waals surface area contributed by atoms with E-state index in [1.165, 1.54) is 25.1 Å². The van der Waals surface area contributed by atoms with Gasteiger partial charge in [0.05, 0.1) is 0 Å². The molecule has 0 bridgehead atoms. The van der Waals surface area contributed by atoms with Crippen molar-refractivity contribution in [1.29, 1.82) is 0 Å². The van der Waals surface area contributed by atoms with Crippen molar-refractivity contribution in [3.8, 4) is 0 Å². The van der Waals surface area contributed by atoms with Crippen LogP contribution in [0.4, 0.5) is 13.2 Å². The first kappa shape index (κ1) is 12.1. The summed E-state index contributed by atoms with van der Waals surface area (Å²) in [5.41, 5.74) is -3.89. The summed E-state index contributed by atoms with van der Waals surface area (Å²) >= 11 is -0.183. The average Bonchev–Trinajstić information content (AvgIpc) is 2.05. The molecule has 0 N–H and O–H groups in total. The third-order valence-corrected chi connectivity index (χ3v) is 2.49. The van der Waals surface area contributed by atoms with Crippen molar-refractivity contribution < 1.29 is 18.0 Å². The van der Waals surface area contributed by atoms with E-state index in [0.29, 0.717) is 5.56 Å². The summed E-state index contributed by atoms with van der Waals surface area (Å²) in [7, 11) is 0. The van der Waals surface area contributed by atoms with Gasteiger partial charge in [0, 0.05) is 11.3 Å². The number of alkyl halides is 3. The van der Waals surface area contributed by atoms with Crippen LogP contribution in [0.1, 0.15) is 12.5 Å². The monoisotopic (exact) mass is 234 g/mol. The number of thioether (sulfide) groups is 1. The smallest absolute Gasteiger partial charge is 0.300 e. The summed E-state index contributed by atoms with van der Waals surface area (Å²) in [5.74, 6) is -0.148. The highest BCUT2D eigenvalue weighted by Gasteiger charge is 2.30. The van der Waals surface area contributed by atoms with Crippen molar-refractivity contribution in [1.82, 2.24) is 0 Å². The van der Waals surface area contributed by atoms with Crippen LogP contribution >= 0.6 is 11.8 Å². The topological polar surface area (TPSA) is 17.1 Å². The Labute approximate surface area is 89.7 Å². The quantitative estimate of drug-likeness (QED) is 0.745. The van der Waals surface area contributed by atoms with E-state index in [4.69, 9.17) is 0 Å². The first-order valence-corrected chi connectivity index (χ1v) is 5.03. The van der Waals surface area contributed by atoms with Crippen LogP contribution in [0.3, 0.4) is 0 Å². The molecule has 1 aromatic rings. The lowest BCUT2D eigenvalue weighted by atomic mass is 10.1. The Morgan fingerprint density at radius 1 is 1.33 bits per heavy atom. The normalized spacial score (nSPS) is 11.5. The second kappa shape index (κ2) is 4.70. The molecule has 0 atom stereocenters. The first-order valence-electron chi connectivity index (χ1n) is 4.21. The van der Waals surface area contributed by atoms with E-state index >= 15 is 0 Å². The Morgan fingerprint density at radius 3 is 2.47 bits per heavy atom. The molecule has 0 aliphatic carbocycles. The molecule has 0 unspecified atom stereocenters. The minimum absolute atomic E-state index is 0.0409. The summed E-state index contributed by atoms with van der Waals surface area (Å²) < 4.78 is 36.4. The fraction of sp³-hybridized carbons (Fsp3) is 0.300. The fourth-order valence-electron chi connectivity index (χ4n) is 1.14. The zero-order chi connectivity index (χ0) is 11.5. The van der Waals surface area contributed by atoms with Gasteiger partial charge in [-0.15, -0.1) is 0 Å². The molecule has 0 heterocycles. The Morgan fingerprint density at radius 2 is 1.93 bits per heavy atom. The molecule has 0 amide bonds. The second-order valence-electron chi connectivity index (χ2n) is 3.03. The molecule has 0 radical (unpaired) electrons. The maximum Gasteiger partial charge on any atom is 0.446 e. The number of rotatable bonds is 3. The third kappa shape index (κ3) is 4.38. The van der Waals surface area contributed by atoms with Gasteiger partial charge < -0.3 is 0 Å². The SMILES string of the molecule is CC(=O)Cc1ccccc1SC(F)(F)F. The van der Waals surface area contributed by atoms with Crippen molar-refractivity contribution in [3.05, 3.63) is 29.8 Å². The summed E-state index contributed by atoms with van der Waals surface area (Å²) in [5, 5.41) is 0. The molecule has 0 saturated heterocycles. The molecule has 82 valence electrons. The Hall–Kier alpha value is -0.970. The lowest BCUT2D eigenvalue weighted by molar-refractivity contribution is -0.116. The lowest BCUT2D eigenvalue weighted by Gasteiger charge is -2.09. The number of halogens is 3. The number of ketones is 1. The highest BCUT2D eigenvalue weighted by Crippen LogP contribution is 2.38. The highest BCUT2D eigenvalue weighted by molar-refractivity contribution is 8.00. The van der Waals surface area contributed by atoms with Crippen molar-refractivity contribution in [2.75, 3.05) is 0 Å². The van der Waals surface area contributed by atoms with E-state index < -0.39 is 5.51 Å². The summed E-state index contributed by atoms with van der Waals surface area (Å²) in [6.07, 6.45) is 0.0409. The summed E-state index contributed by atoms with van der Waals surface area (Å²) in [4.78, 5) is 10.9. The number of Topliss-reactive ketones (excluding diaryl/α,β-unsaturated/α-hetero) is 1. The van der Waals surface area contributed by atoms with Gasteiger partial charge in [-0.2, -0.15) is 13.2 Å². The van der Waals surface area contributed by atoms with E-state index in [9.17, 15) is 18.0 Å². The molecule has 0 saturated carbocycles. The number of carbonyl (C=O) groups is 1. The predicted molar refractivity (Wildman–Crippen MR) is 52.7 cm³/mol. The number of benzene rings is 1. The molecular formula is C10H9F3OS. The van der Waals surface area contributed by atoms with Gasteiger partial charge in [-0.25, -0.2) is 0 Å². The van der Waals surface area contributed by atoms with E-state index in [0.717, 1.165) is 0 Å². The maximum absolute atomic E-state index is 12.1. The fourth-order valence-corrected chi connectivity index (χ4v) is 1.81. The van der Waals surface area contributed by atoms with E-state index in [2.05, 4.69) is 0 Å².